The van der Waals surface area contributed by atoms with Crippen molar-refractivity contribution >= 4 is 23.1 Å². The van der Waals surface area contributed by atoms with Crippen LogP contribution in [0, 0.1) is 18.3 Å². The average molecular weight is 422 g/mol. The number of nitriles is 1. The first-order valence-electron chi connectivity index (χ1n) is 9.52. The van der Waals surface area contributed by atoms with Gasteiger partial charge in [0.25, 0.3) is 0 Å². The van der Waals surface area contributed by atoms with Crippen LogP contribution in [0.4, 0.5) is 11.5 Å². The second-order valence-corrected chi connectivity index (χ2v) is 7.47. The SMILES string of the molecule is Cc1ncc([C@@H](CO)Nc2ncnc3c2CN(c2ccc(Cl)cc2C#N)CC3)cn1. The zero-order valence-corrected chi connectivity index (χ0v) is 17.1. The number of nitrogens with zero attached hydrogens (tertiary/aromatic N) is 6. The van der Waals surface area contributed by atoms with Gasteiger partial charge in [-0.1, -0.05) is 11.6 Å². The first-order chi connectivity index (χ1) is 14.6. The summed E-state index contributed by atoms with van der Waals surface area (Å²) in [5.74, 6) is 1.32. The van der Waals surface area contributed by atoms with Gasteiger partial charge in [-0.25, -0.2) is 19.9 Å². The summed E-state index contributed by atoms with van der Waals surface area (Å²) in [5, 5.41) is 23.3. The molecule has 152 valence electrons. The molecule has 1 aliphatic rings. The quantitative estimate of drug-likeness (QED) is 0.646. The highest BCUT2D eigenvalue weighted by Gasteiger charge is 2.24. The summed E-state index contributed by atoms with van der Waals surface area (Å²) in [5.41, 5.74) is 4.02. The maximum absolute atomic E-state index is 9.92. The molecule has 0 amide bonds. The van der Waals surface area contributed by atoms with Crippen molar-refractivity contribution in [3.05, 3.63) is 70.2 Å². The van der Waals surface area contributed by atoms with Gasteiger partial charge in [-0.2, -0.15) is 5.26 Å². The third kappa shape index (κ3) is 4.03. The molecule has 0 aliphatic carbocycles. The Bertz CT molecular complexity index is 1100. The van der Waals surface area contributed by atoms with E-state index in [-0.39, 0.29) is 6.61 Å². The number of fused-ring (bicyclic) bond motifs is 1. The number of aliphatic hydroxyl groups excluding tert-OH is 1. The molecule has 0 saturated heterocycles. The highest BCUT2D eigenvalue weighted by molar-refractivity contribution is 6.30. The summed E-state index contributed by atoms with van der Waals surface area (Å²) in [6.45, 7) is 2.95. The van der Waals surface area contributed by atoms with Gasteiger partial charge in [-0.05, 0) is 25.1 Å². The molecule has 0 spiro atoms. The first-order valence-corrected chi connectivity index (χ1v) is 9.90. The molecule has 30 heavy (non-hydrogen) atoms. The molecule has 0 fully saturated rings. The number of hydrogen-bond donors (Lipinski definition) is 2. The van der Waals surface area contributed by atoms with Crippen molar-refractivity contribution in [3.8, 4) is 6.07 Å². The van der Waals surface area contributed by atoms with Crippen molar-refractivity contribution in [2.75, 3.05) is 23.4 Å². The molecule has 0 bridgehead atoms. The minimum Gasteiger partial charge on any atom is -0.394 e. The predicted octanol–water partition coefficient (Wildman–Crippen LogP) is 2.81. The monoisotopic (exact) mass is 421 g/mol. The lowest BCUT2D eigenvalue weighted by molar-refractivity contribution is 0.275. The van der Waals surface area contributed by atoms with Crippen LogP contribution in [-0.2, 0) is 13.0 Å². The Morgan fingerprint density at radius 2 is 2.07 bits per heavy atom. The Balaban J connectivity index is 1.63. The molecule has 0 unspecified atom stereocenters. The summed E-state index contributed by atoms with van der Waals surface area (Å²) < 4.78 is 0. The lowest BCUT2D eigenvalue weighted by Gasteiger charge is -2.32. The van der Waals surface area contributed by atoms with E-state index in [0.717, 1.165) is 35.5 Å². The van der Waals surface area contributed by atoms with Gasteiger partial charge in [0, 0.05) is 48.1 Å². The highest BCUT2D eigenvalue weighted by Crippen LogP contribution is 2.31. The van der Waals surface area contributed by atoms with Crippen LogP contribution in [0.3, 0.4) is 0 Å². The maximum atomic E-state index is 9.92. The Morgan fingerprint density at radius 3 is 2.80 bits per heavy atom. The Labute approximate surface area is 179 Å². The molecule has 9 heteroatoms. The van der Waals surface area contributed by atoms with Crippen molar-refractivity contribution in [1.82, 2.24) is 19.9 Å². The number of nitrogens with one attached hydrogen (secondary N) is 1. The van der Waals surface area contributed by atoms with E-state index in [0.29, 0.717) is 28.8 Å². The number of anilines is 2. The van der Waals surface area contributed by atoms with E-state index >= 15 is 0 Å². The zero-order chi connectivity index (χ0) is 21.1. The Hall–Kier alpha value is -3.28. The second kappa shape index (κ2) is 8.61. The summed E-state index contributed by atoms with van der Waals surface area (Å²) in [7, 11) is 0. The van der Waals surface area contributed by atoms with Crippen LogP contribution < -0.4 is 10.2 Å². The normalized spacial score (nSPS) is 14.0. The number of benzene rings is 1. The molecule has 1 aliphatic heterocycles. The minimum atomic E-state index is -0.398. The highest BCUT2D eigenvalue weighted by atomic mass is 35.5. The van der Waals surface area contributed by atoms with Crippen molar-refractivity contribution in [1.29, 1.82) is 5.26 Å². The lowest BCUT2D eigenvalue weighted by Crippen LogP contribution is -2.33. The number of hydrogen-bond acceptors (Lipinski definition) is 8. The molecule has 3 aromatic rings. The van der Waals surface area contributed by atoms with Gasteiger partial charge in [0.1, 0.15) is 24.0 Å². The van der Waals surface area contributed by atoms with Gasteiger partial charge in [0.2, 0.25) is 0 Å². The zero-order valence-electron chi connectivity index (χ0n) is 16.4. The second-order valence-electron chi connectivity index (χ2n) is 7.04. The molecule has 0 radical (unpaired) electrons. The van der Waals surface area contributed by atoms with Crippen LogP contribution >= 0.6 is 11.6 Å². The van der Waals surface area contributed by atoms with Gasteiger partial charge in [0.05, 0.1) is 29.6 Å². The van der Waals surface area contributed by atoms with Gasteiger partial charge >= 0.3 is 0 Å². The van der Waals surface area contributed by atoms with Crippen LogP contribution in [-0.4, -0.2) is 38.2 Å². The fraction of sp³-hybridized carbons (Fsp3) is 0.286. The standard InChI is InChI=1S/C21H20ClN7O/c1-13-24-8-15(9-25-13)19(11-30)28-21-17-10-29(5-4-18(17)26-12-27-21)20-3-2-16(22)6-14(20)7-23/h2-3,6,8-9,12,19,30H,4-5,10-11H2,1H3,(H,26,27,28)/t19-/m1/s1. The van der Waals surface area contributed by atoms with E-state index in [9.17, 15) is 10.4 Å². The van der Waals surface area contributed by atoms with Crippen molar-refractivity contribution < 1.29 is 5.11 Å². The number of halogens is 1. The van der Waals surface area contributed by atoms with Gasteiger partial charge in [-0.15, -0.1) is 0 Å². The van der Waals surface area contributed by atoms with E-state index in [2.05, 4.69) is 36.2 Å². The van der Waals surface area contributed by atoms with E-state index in [1.54, 1.807) is 24.5 Å². The average Bonchev–Trinajstić information content (AvgIpc) is 2.78. The number of aryl methyl sites for hydroxylation is 1. The summed E-state index contributed by atoms with van der Waals surface area (Å²) >= 11 is 6.05. The van der Waals surface area contributed by atoms with Gasteiger partial charge in [0.15, 0.2) is 0 Å². The fourth-order valence-electron chi connectivity index (χ4n) is 3.53. The molecular weight excluding hydrogens is 402 g/mol. The molecule has 0 saturated carbocycles. The molecule has 2 aromatic heterocycles. The van der Waals surface area contributed by atoms with E-state index in [4.69, 9.17) is 11.6 Å². The third-order valence-electron chi connectivity index (χ3n) is 5.12. The Kier molecular flexibility index (Phi) is 5.74. The minimum absolute atomic E-state index is 0.134. The number of rotatable bonds is 5. The molecule has 8 nitrogen and oxygen atoms in total. The van der Waals surface area contributed by atoms with Crippen LogP contribution in [0.2, 0.25) is 5.02 Å². The summed E-state index contributed by atoms with van der Waals surface area (Å²) in [4.78, 5) is 19.4. The van der Waals surface area contributed by atoms with E-state index in [1.807, 2.05) is 13.0 Å². The fourth-order valence-corrected chi connectivity index (χ4v) is 3.70. The first kappa shape index (κ1) is 20.0. The maximum Gasteiger partial charge on any atom is 0.135 e. The van der Waals surface area contributed by atoms with Crippen molar-refractivity contribution in [2.45, 2.75) is 25.9 Å². The molecule has 2 N–H and O–H groups in total. The molecule has 3 heterocycles. The molecule has 1 atom stereocenters. The largest absolute Gasteiger partial charge is 0.394 e. The number of aromatic nitrogens is 4. The van der Waals surface area contributed by atoms with Gasteiger partial charge in [-0.3, -0.25) is 0 Å². The Morgan fingerprint density at radius 1 is 1.27 bits per heavy atom. The van der Waals surface area contributed by atoms with E-state index < -0.39 is 6.04 Å². The summed E-state index contributed by atoms with van der Waals surface area (Å²) in [6, 6.07) is 7.14. The van der Waals surface area contributed by atoms with Crippen LogP contribution in [0.5, 0.6) is 0 Å². The van der Waals surface area contributed by atoms with Crippen molar-refractivity contribution in [2.24, 2.45) is 0 Å². The molecule has 1 aromatic carbocycles. The topological polar surface area (TPSA) is 111 Å². The molecular formula is C21H20ClN7O. The third-order valence-corrected chi connectivity index (χ3v) is 5.35. The van der Waals surface area contributed by atoms with Crippen molar-refractivity contribution in [3.63, 3.8) is 0 Å². The lowest BCUT2D eigenvalue weighted by atomic mass is 10.0. The summed E-state index contributed by atoms with van der Waals surface area (Å²) in [6.07, 6.45) is 5.64. The van der Waals surface area contributed by atoms with Gasteiger partial charge < -0.3 is 15.3 Å². The van der Waals surface area contributed by atoms with E-state index in [1.165, 1.54) is 6.33 Å². The van der Waals surface area contributed by atoms with Crippen LogP contribution in [0.1, 0.15) is 34.3 Å². The predicted molar refractivity (Wildman–Crippen MR) is 113 cm³/mol. The molecule has 4 rings (SSSR count). The smallest absolute Gasteiger partial charge is 0.135 e. The van der Waals surface area contributed by atoms with Crippen LogP contribution in [0.25, 0.3) is 0 Å². The van der Waals surface area contributed by atoms with Crippen LogP contribution in [0.15, 0.2) is 36.9 Å². The number of aliphatic hydroxyl groups is 1.